The molecule has 2 rings (SSSR count). The van der Waals surface area contributed by atoms with E-state index in [9.17, 15) is 10.0 Å². The van der Waals surface area contributed by atoms with Crippen LogP contribution in [0.3, 0.4) is 0 Å². The second-order valence-corrected chi connectivity index (χ2v) is 4.49. The molecule has 0 aliphatic heterocycles. The minimum Gasteiger partial charge on any atom is -0.634 e. The summed E-state index contributed by atoms with van der Waals surface area (Å²) in [5.74, 6) is 1.27. The van der Waals surface area contributed by atoms with Gasteiger partial charge in [0.2, 0.25) is 0 Å². The van der Waals surface area contributed by atoms with Gasteiger partial charge in [0.1, 0.15) is 5.78 Å². The Balaban J connectivity index is 2.01. The van der Waals surface area contributed by atoms with E-state index in [2.05, 4.69) is 0 Å². The van der Waals surface area contributed by atoms with Crippen molar-refractivity contribution in [3.63, 3.8) is 0 Å². The molecule has 4 atom stereocenters. The van der Waals surface area contributed by atoms with Crippen LogP contribution in [0.5, 0.6) is 0 Å². The van der Waals surface area contributed by atoms with Gasteiger partial charge in [0.25, 0.3) is 0 Å². The van der Waals surface area contributed by atoms with Crippen LogP contribution in [0, 0.1) is 17.0 Å². The molecule has 0 spiro atoms. The van der Waals surface area contributed by atoms with Gasteiger partial charge >= 0.3 is 0 Å². The zero-order valence-corrected chi connectivity index (χ0v) is 8.08. The molecule has 0 aromatic rings. The smallest absolute Gasteiger partial charge is 0.136 e. The monoisotopic (exact) mass is 183 g/mol. The summed E-state index contributed by atoms with van der Waals surface area (Å²) in [6, 6.07) is 0.184. The number of hydrogen-bond donors (Lipinski definition) is 1. The molecule has 2 fully saturated rings. The maximum atomic E-state index is 11.5. The second-order valence-electron chi connectivity index (χ2n) is 4.49. The van der Waals surface area contributed by atoms with Gasteiger partial charge in [0.15, 0.2) is 0 Å². The van der Waals surface area contributed by atoms with Crippen molar-refractivity contribution in [2.45, 2.75) is 38.1 Å². The van der Waals surface area contributed by atoms with Gasteiger partial charge in [-0.05, 0) is 25.2 Å². The van der Waals surface area contributed by atoms with Gasteiger partial charge in [-0.25, -0.2) is 0 Å². The fourth-order valence-electron chi connectivity index (χ4n) is 2.86. The highest BCUT2D eigenvalue weighted by Gasteiger charge is 2.40. The van der Waals surface area contributed by atoms with Crippen LogP contribution in [-0.2, 0) is 4.79 Å². The number of quaternary nitrogens is 1. The van der Waals surface area contributed by atoms with E-state index < -0.39 is 0 Å². The molecule has 0 aromatic carbocycles. The topological polar surface area (TPSA) is 44.6 Å². The first kappa shape index (κ1) is 9.16. The normalized spacial score (nSPS) is 41.7. The third kappa shape index (κ3) is 1.63. The van der Waals surface area contributed by atoms with E-state index >= 15 is 0 Å². The Kier molecular flexibility index (Phi) is 2.39. The highest BCUT2D eigenvalue weighted by atomic mass is 16.5. The molecule has 13 heavy (non-hydrogen) atoms. The van der Waals surface area contributed by atoms with E-state index in [1.165, 1.54) is 0 Å². The number of nitrogens with one attached hydrogen (secondary N) is 1. The number of fused-ring (bicyclic) bond motifs is 1. The van der Waals surface area contributed by atoms with Crippen LogP contribution in [0.25, 0.3) is 0 Å². The summed E-state index contributed by atoms with van der Waals surface area (Å²) in [6.07, 6.45) is 4.80. The van der Waals surface area contributed by atoms with E-state index in [1.807, 2.05) is 0 Å². The minimum atomic E-state index is 0.184. The molecule has 0 saturated heterocycles. The molecular weight excluding hydrogens is 166 g/mol. The summed E-state index contributed by atoms with van der Waals surface area (Å²) >= 11 is 0. The second kappa shape index (κ2) is 3.39. The van der Waals surface area contributed by atoms with Crippen LogP contribution in [0.15, 0.2) is 0 Å². The number of hydrogen-bond acceptors (Lipinski definition) is 2. The van der Waals surface area contributed by atoms with Crippen LogP contribution < -0.4 is 5.06 Å². The fourth-order valence-corrected chi connectivity index (χ4v) is 2.86. The number of hydroxylamine groups is 2. The predicted molar refractivity (Wildman–Crippen MR) is 49.1 cm³/mol. The summed E-state index contributed by atoms with van der Waals surface area (Å²) < 4.78 is 0. The lowest BCUT2D eigenvalue weighted by Crippen LogP contribution is -3.08. The van der Waals surface area contributed by atoms with Crippen molar-refractivity contribution in [3.8, 4) is 0 Å². The zero-order chi connectivity index (χ0) is 9.42. The van der Waals surface area contributed by atoms with E-state index in [0.717, 1.165) is 32.1 Å². The van der Waals surface area contributed by atoms with Gasteiger partial charge < -0.3 is 10.3 Å². The number of carbonyl (C=O) groups excluding carboxylic acids is 1. The lowest BCUT2D eigenvalue weighted by Gasteiger charge is -2.35. The molecule has 0 heterocycles. The van der Waals surface area contributed by atoms with Gasteiger partial charge in [0.05, 0.1) is 13.1 Å². The van der Waals surface area contributed by atoms with Gasteiger partial charge in [-0.3, -0.25) is 4.79 Å². The molecule has 1 N–H and O–H groups in total. The standard InChI is InChI=1S/C10H17NO2/c1-11(13)8-4-2-7-3-5-10(12)9(7)6-8/h7-9,11H,2-6H2,1H3. The van der Waals surface area contributed by atoms with Gasteiger partial charge in [-0.2, -0.15) is 0 Å². The van der Waals surface area contributed by atoms with Crippen molar-refractivity contribution in [1.29, 1.82) is 0 Å². The number of Topliss-reactive ketones (excluding diaryl/α,β-unsaturated/α-hetero) is 1. The predicted octanol–water partition coefficient (Wildman–Crippen LogP) is 0.147. The Hall–Kier alpha value is -0.410. The molecule has 4 unspecified atom stereocenters. The highest BCUT2D eigenvalue weighted by Crippen LogP contribution is 2.39. The third-order valence-electron chi connectivity index (χ3n) is 3.74. The van der Waals surface area contributed by atoms with Crippen LogP contribution >= 0.6 is 0 Å². The Morgan fingerprint density at radius 3 is 2.85 bits per heavy atom. The Morgan fingerprint density at radius 1 is 1.38 bits per heavy atom. The maximum absolute atomic E-state index is 11.5. The zero-order valence-electron chi connectivity index (χ0n) is 8.08. The molecule has 3 heteroatoms. The quantitative estimate of drug-likeness (QED) is 0.588. The Labute approximate surface area is 78.7 Å². The first-order valence-electron chi connectivity index (χ1n) is 5.21. The van der Waals surface area contributed by atoms with Crippen LogP contribution in [0.1, 0.15) is 32.1 Å². The molecule has 0 aromatic heterocycles. The van der Waals surface area contributed by atoms with Crippen LogP contribution in [-0.4, -0.2) is 18.9 Å². The summed E-state index contributed by atoms with van der Waals surface area (Å²) in [5, 5.41) is 11.5. The van der Waals surface area contributed by atoms with Crippen LogP contribution in [0.2, 0.25) is 0 Å². The molecule has 2 aliphatic carbocycles. The first-order chi connectivity index (χ1) is 6.18. The summed E-state index contributed by atoms with van der Waals surface area (Å²) in [5.41, 5.74) is 0. The lowest BCUT2D eigenvalue weighted by atomic mass is 9.79. The average molecular weight is 183 g/mol. The van der Waals surface area contributed by atoms with E-state index in [1.54, 1.807) is 7.05 Å². The molecular formula is C10H17NO2. The molecule has 0 amide bonds. The molecule has 3 nitrogen and oxygen atoms in total. The minimum absolute atomic E-state index is 0.184. The van der Waals surface area contributed by atoms with Crippen molar-refractivity contribution in [3.05, 3.63) is 5.21 Å². The van der Waals surface area contributed by atoms with Gasteiger partial charge in [-0.1, -0.05) is 0 Å². The summed E-state index contributed by atoms with van der Waals surface area (Å²) in [4.78, 5) is 11.5. The summed E-state index contributed by atoms with van der Waals surface area (Å²) in [7, 11) is 1.66. The van der Waals surface area contributed by atoms with E-state index in [-0.39, 0.29) is 17.0 Å². The third-order valence-corrected chi connectivity index (χ3v) is 3.74. The Bertz CT molecular complexity index is 215. The molecule has 0 radical (unpaired) electrons. The highest BCUT2D eigenvalue weighted by molar-refractivity contribution is 5.83. The SMILES string of the molecule is C[NH+]([O-])C1CCC2CCC(=O)C2C1. The van der Waals surface area contributed by atoms with Crippen molar-refractivity contribution in [2.24, 2.45) is 11.8 Å². The van der Waals surface area contributed by atoms with E-state index in [4.69, 9.17) is 0 Å². The van der Waals surface area contributed by atoms with Crippen molar-refractivity contribution in [1.82, 2.24) is 0 Å². The summed E-state index contributed by atoms with van der Waals surface area (Å²) in [6.45, 7) is 0. The van der Waals surface area contributed by atoms with Crippen molar-refractivity contribution >= 4 is 5.78 Å². The number of rotatable bonds is 1. The Morgan fingerprint density at radius 2 is 2.15 bits per heavy atom. The van der Waals surface area contributed by atoms with Gasteiger partial charge in [-0.15, -0.1) is 0 Å². The van der Waals surface area contributed by atoms with Crippen LogP contribution in [0.4, 0.5) is 0 Å². The lowest BCUT2D eigenvalue weighted by molar-refractivity contribution is -0.856. The van der Waals surface area contributed by atoms with Crippen molar-refractivity contribution in [2.75, 3.05) is 7.05 Å². The first-order valence-corrected chi connectivity index (χ1v) is 5.21. The largest absolute Gasteiger partial charge is 0.634 e. The number of ketones is 1. The fraction of sp³-hybridized carbons (Fsp3) is 0.900. The number of carbonyl (C=O) groups is 1. The van der Waals surface area contributed by atoms with Gasteiger partial charge in [0, 0.05) is 18.8 Å². The van der Waals surface area contributed by atoms with E-state index in [0.29, 0.717) is 11.7 Å². The molecule has 74 valence electrons. The maximum Gasteiger partial charge on any atom is 0.136 e. The molecule has 2 aliphatic rings. The average Bonchev–Trinajstić information content (AvgIpc) is 2.47. The molecule has 0 bridgehead atoms. The van der Waals surface area contributed by atoms with Crippen molar-refractivity contribution < 1.29 is 9.86 Å². The molecule has 2 saturated carbocycles.